The van der Waals surface area contributed by atoms with Crippen molar-refractivity contribution < 1.29 is 0 Å². The summed E-state index contributed by atoms with van der Waals surface area (Å²) in [6.45, 7) is 8.39. The fourth-order valence-corrected chi connectivity index (χ4v) is 1.64. The zero-order valence-corrected chi connectivity index (χ0v) is 10.7. The fraction of sp³-hybridized carbons (Fsp3) is 0.462. The molecule has 0 aromatic carbocycles. The van der Waals surface area contributed by atoms with Gasteiger partial charge in [-0.05, 0) is 19.9 Å². The molecule has 17 heavy (non-hydrogen) atoms. The first-order valence-corrected chi connectivity index (χ1v) is 5.96. The van der Waals surface area contributed by atoms with Gasteiger partial charge in [0.25, 0.3) is 0 Å². The molecular formula is C13H18N4. The molecule has 0 amide bonds. The summed E-state index contributed by atoms with van der Waals surface area (Å²) in [4.78, 5) is 13.2. The summed E-state index contributed by atoms with van der Waals surface area (Å²) in [6, 6.07) is 2.30. The second-order valence-electron chi connectivity index (χ2n) is 4.78. The van der Waals surface area contributed by atoms with Crippen LogP contribution in [0.3, 0.4) is 0 Å². The molecule has 0 spiro atoms. The van der Waals surface area contributed by atoms with Gasteiger partial charge in [0.2, 0.25) is 0 Å². The first kappa shape index (κ1) is 11.8. The Morgan fingerprint density at radius 3 is 2.53 bits per heavy atom. The number of hydrogen-bond donors (Lipinski definition) is 1. The first-order chi connectivity index (χ1) is 8.08. The number of fused-ring (bicyclic) bond motifs is 1. The minimum atomic E-state index is 0.312. The van der Waals surface area contributed by atoms with E-state index < -0.39 is 0 Å². The van der Waals surface area contributed by atoms with Gasteiger partial charge < -0.3 is 5.32 Å². The minimum Gasteiger partial charge on any atom is -0.367 e. The maximum atomic E-state index is 4.59. The number of pyridine rings is 1. The maximum Gasteiger partial charge on any atom is 0.137 e. The van der Waals surface area contributed by atoms with Crippen LogP contribution in [-0.2, 0) is 0 Å². The number of nitrogens with one attached hydrogen (secondary N) is 1. The highest BCUT2D eigenvalue weighted by atomic mass is 15.0. The lowest BCUT2D eigenvalue weighted by Gasteiger charge is -2.14. The molecule has 1 N–H and O–H groups in total. The Bertz CT molecular complexity index is 520. The molecule has 0 aliphatic rings. The number of hydrogen-bond acceptors (Lipinski definition) is 4. The van der Waals surface area contributed by atoms with Crippen molar-refractivity contribution in [3.63, 3.8) is 0 Å². The summed E-state index contributed by atoms with van der Waals surface area (Å²) < 4.78 is 0. The van der Waals surface area contributed by atoms with E-state index in [1.807, 2.05) is 6.07 Å². The Kier molecular flexibility index (Phi) is 3.22. The van der Waals surface area contributed by atoms with Crippen molar-refractivity contribution in [3.05, 3.63) is 24.3 Å². The lowest BCUT2D eigenvalue weighted by Crippen LogP contribution is -2.13. The number of aromatic nitrogens is 3. The molecule has 0 atom stereocenters. The lowest BCUT2D eigenvalue weighted by atomic mass is 10.2. The van der Waals surface area contributed by atoms with Gasteiger partial charge in [0.1, 0.15) is 11.6 Å². The third-order valence-corrected chi connectivity index (χ3v) is 2.46. The summed E-state index contributed by atoms with van der Waals surface area (Å²) in [5.41, 5.74) is 0.898. The molecule has 0 radical (unpaired) electrons. The van der Waals surface area contributed by atoms with Crippen LogP contribution in [0.25, 0.3) is 10.9 Å². The van der Waals surface area contributed by atoms with Crippen LogP contribution >= 0.6 is 0 Å². The molecule has 0 saturated carbocycles. The van der Waals surface area contributed by atoms with Crippen LogP contribution in [0.5, 0.6) is 0 Å². The quantitative estimate of drug-likeness (QED) is 0.880. The second-order valence-corrected chi connectivity index (χ2v) is 4.78. The molecule has 0 bridgehead atoms. The topological polar surface area (TPSA) is 50.7 Å². The molecule has 2 rings (SSSR count). The van der Waals surface area contributed by atoms with Crippen LogP contribution in [-0.4, -0.2) is 21.0 Å². The van der Waals surface area contributed by atoms with Gasteiger partial charge in [0.05, 0.1) is 11.7 Å². The van der Waals surface area contributed by atoms with Crippen LogP contribution in [0.4, 0.5) is 5.82 Å². The Balaban J connectivity index is 2.60. The monoisotopic (exact) mass is 230 g/mol. The van der Waals surface area contributed by atoms with Gasteiger partial charge in [0, 0.05) is 23.5 Å². The van der Waals surface area contributed by atoms with Crippen LogP contribution in [0.15, 0.2) is 18.5 Å². The number of anilines is 1. The van der Waals surface area contributed by atoms with Crippen molar-refractivity contribution in [2.45, 2.75) is 39.7 Å². The molecule has 90 valence electrons. The molecule has 0 aliphatic heterocycles. The van der Waals surface area contributed by atoms with E-state index in [0.29, 0.717) is 12.0 Å². The predicted molar refractivity (Wildman–Crippen MR) is 70.2 cm³/mol. The third-order valence-electron chi connectivity index (χ3n) is 2.46. The average molecular weight is 230 g/mol. The largest absolute Gasteiger partial charge is 0.367 e. The normalized spacial score (nSPS) is 11.4. The zero-order valence-electron chi connectivity index (χ0n) is 10.7. The van der Waals surface area contributed by atoms with Crippen molar-refractivity contribution in [3.8, 4) is 0 Å². The molecule has 4 nitrogen and oxygen atoms in total. The summed E-state index contributed by atoms with van der Waals surface area (Å²) in [5, 5.41) is 4.39. The van der Waals surface area contributed by atoms with Crippen LogP contribution in [0, 0.1) is 0 Å². The molecule has 0 unspecified atom stereocenters. The highest BCUT2D eigenvalue weighted by Crippen LogP contribution is 2.22. The SMILES string of the molecule is CC(C)Nc1nc(C(C)C)nc2cnccc12. The van der Waals surface area contributed by atoms with E-state index in [1.165, 1.54) is 0 Å². The third kappa shape index (κ3) is 2.52. The van der Waals surface area contributed by atoms with Gasteiger partial charge in [0.15, 0.2) is 0 Å². The standard InChI is InChI=1S/C13H18N4/c1-8(2)12-16-11-7-14-6-5-10(11)13(17-12)15-9(3)4/h5-9H,1-4H3,(H,15,16,17). The highest BCUT2D eigenvalue weighted by Gasteiger charge is 2.10. The van der Waals surface area contributed by atoms with Crippen molar-refractivity contribution >= 4 is 16.7 Å². The van der Waals surface area contributed by atoms with Crippen LogP contribution < -0.4 is 5.32 Å². The van der Waals surface area contributed by atoms with Crippen molar-refractivity contribution in [2.75, 3.05) is 5.32 Å². The van der Waals surface area contributed by atoms with Gasteiger partial charge in [-0.1, -0.05) is 13.8 Å². The fourth-order valence-electron chi connectivity index (χ4n) is 1.64. The van der Waals surface area contributed by atoms with E-state index in [-0.39, 0.29) is 0 Å². The Morgan fingerprint density at radius 1 is 1.12 bits per heavy atom. The molecule has 4 heteroatoms. The van der Waals surface area contributed by atoms with Crippen molar-refractivity contribution in [1.29, 1.82) is 0 Å². The number of nitrogens with zero attached hydrogens (tertiary/aromatic N) is 3. The van der Waals surface area contributed by atoms with Gasteiger partial charge in [-0.2, -0.15) is 0 Å². The van der Waals surface area contributed by atoms with E-state index in [0.717, 1.165) is 22.5 Å². The second kappa shape index (κ2) is 4.65. The molecular weight excluding hydrogens is 212 g/mol. The van der Waals surface area contributed by atoms with E-state index in [9.17, 15) is 0 Å². The first-order valence-electron chi connectivity index (χ1n) is 5.96. The predicted octanol–water partition coefficient (Wildman–Crippen LogP) is 2.97. The molecule has 2 aromatic rings. The summed E-state index contributed by atoms with van der Waals surface area (Å²) in [5.74, 6) is 2.07. The van der Waals surface area contributed by atoms with Crippen LogP contribution in [0.1, 0.15) is 39.4 Å². The zero-order chi connectivity index (χ0) is 12.4. The van der Waals surface area contributed by atoms with E-state index >= 15 is 0 Å². The summed E-state index contributed by atoms with van der Waals surface area (Å²) in [7, 11) is 0. The van der Waals surface area contributed by atoms with Gasteiger partial charge in [-0.25, -0.2) is 9.97 Å². The van der Waals surface area contributed by atoms with Crippen molar-refractivity contribution in [2.24, 2.45) is 0 Å². The molecule has 0 saturated heterocycles. The molecule has 2 aromatic heterocycles. The number of rotatable bonds is 3. The molecule has 0 fully saturated rings. The maximum absolute atomic E-state index is 4.59. The van der Waals surface area contributed by atoms with Gasteiger partial charge >= 0.3 is 0 Å². The lowest BCUT2D eigenvalue weighted by molar-refractivity contribution is 0.778. The summed E-state index contributed by atoms with van der Waals surface area (Å²) in [6.07, 6.45) is 3.56. The van der Waals surface area contributed by atoms with E-state index in [2.05, 4.69) is 48.0 Å². The smallest absolute Gasteiger partial charge is 0.137 e. The van der Waals surface area contributed by atoms with E-state index in [4.69, 9.17) is 0 Å². The van der Waals surface area contributed by atoms with Crippen molar-refractivity contribution in [1.82, 2.24) is 15.0 Å². The van der Waals surface area contributed by atoms with Crippen LogP contribution in [0.2, 0.25) is 0 Å². The minimum absolute atomic E-state index is 0.312. The van der Waals surface area contributed by atoms with Gasteiger partial charge in [-0.3, -0.25) is 4.98 Å². The highest BCUT2D eigenvalue weighted by molar-refractivity contribution is 5.88. The average Bonchev–Trinajstić information content (AvgIpc) is 2.28. The Morgan fingerprint density at radius 2 is 1.88 bits per heavy atom. The summed E-state index contributed by atoms with van der Waals surface area (Å²) >= 11 is 0. The Hall–Kier alpha value is -1.71. The molecule has 0 aliphatic carbocycles. The van der Waals surface area contributed by atoms with E-state index in [1.54, 1.807) is 12.4 Å². The molecule has 2 heterocycles. The van der Waals surface area contributed by atoms with Gasteiger partial charge in [-0.15, -0.1) is 0 Å². The Labute approximate surface area is 102 Å².